The van der Waals surface area contributed by atoms with E-state index in [0.717, 1.165) is 24.0 Å². The highest BCUT2D eigenvalue weighted by Crippen LogP contribution is 2.33. The minimum absolute atomic E-state index is 0.0450. The van der Waals surface area contributed by atoms with E-state index >= 15 is 0 Å². The minimum Gasteiger partial charge on any atom is -0.493 e. The van der Waals surface area contributed by atoms with Crippen LogP contribution in [0.3, 0.4) is 0 Å². The molecule has 9 heteroatoms. The monoisotopic (exact) mass is 461 g/mol. The number of nitrogens with zero attached hydrogens (tertiary/aromatic N) is 3. The van der Waals surface area contributed by atoms with E-state index in [2.05, 4.69) is 9.84 Å². The zero-order chi connectivity index (χ0) is 22.7. The predicted molar refractivity (Wildman–Crippen MR) is 115 cm³/mol. The number of methoxy groups -OCH3 is 1. The first kappa shape index (κ1) is 22.1. The van der Waals surface area contributed by atoms with Crippen molar-refractivity contribution in [2.24, 2.45) is 0 Å². The Labute approximate surface area is 189 Å². The molecular formula is C23H22ClF2N3O3. The second kappa shape index (κ2) is 9.56. The maximum atomic E-state index is 13.2. The van der Waals surface area contributed by atoms with E-state index in [1.165, 1.54) is 13.2 Å². The molecule has 0 saturated heterocycles. The number of rotatable bonds is 9. The van der Waals surface area contributed by atoms with Crippen LogP contribution in [0, 0.1) is 0 Å². The average Bonchev–Trinajstić information content (AvgIpc) is 3.51. The van der Waals surface area contributed by atoms with E-state index in [-0.39, 0.29) is 23.4 Å². The molecule has 1 aromatic heterocycles. The smallest absolute Gasteiger partial charge is 0.387 e. The number of hydrogen-bond acceptors (Lipinski definition) is 4. The molecule has 0 unspecified atom stereocenters. The summed E-state index contributed by atoms with van der Waals surface area (Å²) in [5.74, 6) is 0.0136. The average molecular weight is 462 g/mol. The number of aromatic nitrogens is 2. The van der Waals surface area contributed by atoms with Gasteiger partial charge in [0.15, 0.2) is 11.5 Å². The molecule has 0 radical (unpaired) electrons. The number of halogens is 3. The SMILES string of the molecule is COc1cc(CN(C(=O)c2cnn(Cc3ccccc3Cl)c2)C2CC2)ccc1OC(F)F. The van der Waals surface area contributed by atoms with Gasteiger partial charge >= 0.3 is 6.61 Å². The predicted octanol–water partition coefficient (Wildman–Crippen LogP) is 5.00. The number of carbonyl (C=O) groups excluding carboxylic acids is 1. The third kappa shape index (κ3) is 5.19. The Bertz CT molecular complexity index is 1100. The lowest BCUT2D eigenvalue weighted by atomic mass is 10.1. The number of hydrogen-bond donors (Lipinski definition) is 0. The molecule has 1 saturated carbocycles. The fourth-order valence-corrected chi connectivity index (χ4v) is 3.68. The summed E-state index contributed by atoms with van der Waals surface area (Å²) in [6.45, 7) is -2.16. The molecule has 2 aromatic carbocycles. The van der Waals surface area contributed by atoms with Gasteiger partial charge in [-0.05, 0) is 42.2 Å². The summed E-state index contributed by atoms with van der Waals surface area (Å²) < 4.78 is 36.5. The molecule has 1 heterocycles. The van der Waals surface area contributed by atoms with Crippen LogP contribution in [-0.4, -0.2) is 40.4 Å². The van der Waals surface area contributed by atoms with Crippen molar-refractivity contribution in [3.63, 3.8) is 0 Å². The number of amides is 1. The zero-order valence-corrected chi connectivity index (χ0v) is 18.1. The summed E-state index contributed by atoms with van der Waals surface area (Å²) in [7, 11) is 1.38. The molecule has 0 N–H and O–H groups in total. The van der Waals surface area contributed by atoms with Gasteiger partial charge in [-0.1, -0.05) is 35.9 Å². The lowest BCUT2D eigenvalue weighted by Gasteiger charge is -2.22. The van der Waals surface area contributed by atoms with Gasteiger partial charge < -0.3 is 14.4 Å². The molecule has 4 rings (SSSR count). The van der Waals surface area contributed by atoms with Crippen molar-refractivity contribution in [2.75, 3.05) is 7.11 Å². The molecule has 6 nitrogen and oxygen atoms in total. The van der Waals surface area contributed by atoms with Crippen molar-refractivity contribution in [3.05, 3.63) is 76.6 Å². The largest absolute Gasteiger partial charge is 0.493 e. The van der Waals surface area contributed by atoms with Crippen LogP contribution in [0.4, 0.5) is 8.78 Å². The van der Waals surface area contributed by atoms with Crippen molar-refractivity contribution >= 4 is 17.5 Å². The Morgan fingerprint density at radius 3 is 2.72 bits per heavy atom. The summed E-state index contributed by atoms with van der Waals surface area (Å²) >= 11 is 6.22. The summed E-state index contributed by atoms with van der Waals surface area (Å²) in [5, 5.41) is 4.95. The molecule has 1 aliphatic carbocycles. The molecule has 168 valence electrons. The van der Waals surface area contributed by atoms with Crippen molar-refractivity contribution < 1.29 is 23.0 Å². The number of benzene rings is 2. The Morgan fingerprint density at radius 2 is 2.03 bits per heavy atom. The topological polar surface area (TPSA) is 56.6 Å². The maximum Gasteiger partial charge on any atom is 0.387 e. The Hall–Kier alpha value is -3.13. The standard InChI is InChI=1S/C23H22ClF2N3O3/c1-31-21-10-15(6-9-20(21)32-23(25)26)12-29(18-7-8-18)22(30)17-11-27-28(14-17)13-16-4-2-3-5-19(16)24/h2-6,9-11,14,18,23H,7-8,12-13H2,1H3. The summed E-state index contributed by atoms with van der Waals surface area (Å²) in [6, 6.07) is 12.3. The van der Waals surface area contributed by atoms with Crippen molar-refractivity contribution in [2.45, 2.75) is 38.6 Å². The molecule has 1 aliphatic rings. The first-order valence-corrected chi connectivity index (χ1v) is 10.5. The Morgan fingerprint density at radius 1 is 1.25 bits per heavy atom. The second-order valence-corrected chi connectivity index (χ2v) is 7.95. The van der Waals surface area contributed by atoms with Gasteiger partial charge in [0.25, 0.3) is 5.91 Å². The molecule has 1 fully saturated rings. The van der Waals surface area contributed by atoms with E-state index in [1.54, 1.807) is 34.1 Å². The molecule has 0 atom stereocenters. The van der Waals surface area contributed by atoms with E-state index in [4.69, 9.17) is 16.3 Å². The van der Waals surface area contributed by atoms with E-state index in [1.807, 2.05) is 24.3 Å². The zero-order valence-electron chi connectivity index (χ0n) is 17.4. The van der Waals surface area contributed by atoms with Crippen LogP contribution in [0.25, 0.3) is 0 Å². The summed E-state index contributed by atoms with van der Waals surface area (Å²) in [5.41, 5.74) is 2.15. The van der Waals surface area contributed by atoms with E-state index < -0.39 is 6.61 Å². The molecule has 0 bridgehead atoms. The summed E-state index contributed by atoms with van der Waals surface area (Å²) in [4.78, 5) is 15.0. The van der Waals surface area contributed by atoms with Gasteiger partial charge in [-0.15, -0.1) is 0 Å². The van der Waals surface area contributed by atoms with Gasteiger partial charge in [0, 0.05) is 23.8 Å². The van der Waals surface area contributed by atoms with E-state index in [9.17, 15) is 13.6 Å². The van der Waals surface area contributed by atoms with Crippen LogP contribution in [0.5, 0.6) is 11.5 Å². The molecular weight excluding hydrogens is 440 g/mol. The normalized spacial score (nSPS) is 13.3. The van der Waals surface area contributed by atoms with Crippen LogP contribution in [0.15, 0.2) is 54.9 Å². The fraction of sp³-hybridized carbons (Fsp3) is 0.304. The van der Waals surface area contributed by atoms with Gasteiger partial charge in [0.05, 0.1) is 25.4 Å². The van der Waals surface area contributed by atoms with Crippen LogP contribution < -0.4 is 9.47 Å². The Balaban J connectivity index is 1.50. The quantitative estimate of drug-likeness (QED) is 0.450. The van der Waals surface area contributed by atoms with Crippen LogP contribution in [0.1, 0.15) is 34.3 Å². The minimum atomic E-state index is -2.94. The fourth-order valence-electron chi connectivity index (χ4n) is 3.48. The van der Waals surface area contributed by atoms with Crippen molar-refractivity contribution in [1.29, 1.82) is 0 Å². The highest BCUT2D eigenvalue weighted by atomic mass is 35.5. The van der Waals surface area contributed by atoms with Crippen LogP contribution in [-0.2, 0) is 13.1 Å². The summed E-state index contributed by atoms with van der Waals surface area (Å²) in [6.07, 6.45) is 5.10. The van der Waals surface area contributed by atoms with Gasteiger partial charge in [-0.25, -0.2) is 0 Å². The molecule has 0 aliphatic heterocycles. The first-order chi connectivity index (χ1) is 15.4. The lowest BCUT2D eigenvalue weighted by molar-refractivity contribution is -0.0512. The number of ether oxygens (including phenoxy) is 2. The number of carbonyl (C=O) groups is 1. The second-order valence-electron chi connectivity index (χ2n) is 7.55. The third-order valence-electron chi connectivity index (χ3n) is 5.22. The van der Waals surface area contributed by atoms with Gasteiger partial charge in [0.1, 0.15) is 0 Å². The maximum absolute atomic E-state index is 13.2. The highest BCUT2D eigenvalue weighted by molar-refractivity contribution is 6.31. The number of alkyl halides is 2. The van der Waals surface area contributed by atoms with Crippen LogP contribution >= 0.6 is 11.6 Å². The van der Waals surface area contributed by atoms with Crippen molar-refractivity contribution in [3.8, 4) is 11.5 Å². The lowest BCUT2D eigenvalue weighted by Crippen LogP contribution is -2.32. The van der Waals surface area contributed by atoms with Crippen molar-refractivity contribution in [1.82, 2.24) is 14.7 Å². The highest BCUT2D eigenvalue weighted by Gasteiger charge is 2.33. The van der Waals surface area contributed by atoms with E-state index in [0.29, 0.717) is 23.7 Å². The third-order valence-corrected chi connectivity index (χ3v) is 5.58. The van der Waals surface area contributed by atoms with Gasteiger partial charge in [0.2, 0.25) is 0 Å². The molecule has 0 spiro atoms. The molecule has 1 amide bonds. The first-order valence-electron chi connectivity index (χ1n) is 10.1. The van der Waals surface area contributed by atoms with Gasteiger partial charge in [-0.3, -0.25) is 9.48 Å². The molecule has 3 aromatic rings. The van der Waals surface area contributed by atoms with Crippen LogP contribution in [0.2, 0.25) is 5.02 Å². The van der Waals surface area contributed by atoms with Gasteiger partial charge in [-0.2, -0.15) is 13.9 Å². The Kier molecular flexibility index (Phi) is 6.60. The molecule has 32 heavy (non-hydrogen) atoms.